The van der Waals surface area contributed by atoms with Crippen molar-refractivity contribution in [2.45, 2.75) is 56.7 Å². The molecule has 2 aromatic carbocycles. The topological polar surface area (TPSA) is 70.0 Å². The summed E-state index contributed by atoms with van der Waals surface area (Å²) >= 11 is 0. The number of halogens is 1. The summed E-state index contributed by atoms with van der Waals surface area (Å²) in [7, 11) is 6.41. The summed E-state index contributed by atoms with van der Waals surface area (Å²) in [6.07, 6.45) is 4.26. The van der Waals surface area contributed by atoms with Crippen LogP contribution in [0.3, 0.4) is 0 Å². The molecule has 2 bridgehead atoms. The summed E-state index contributed by atoms with van der Waals surface area (Å²) in [6, 6.07) is 17.9. The van der Waals surface area contributed by atoms with Crippen molar-refractivity contribution < 1.29 is 32.2 Å². The number of phenols is 1. The van der Waals surface area contributed by atoms with E-state index in [1.165, 1.54) is 12.8 Å². The lowest BCUT2D eigenvalue weighted by molar-refractivity contribution is -0.155. The second-order valence-electron chi connectivity index (χ2n) is 9.75. The molecule has 0 saturated carbocycles. The monoisotopic (exact) mass is 490 g/mol. The zero-order chi connectivity index (χ0) is 24.0. The SMILES string of the molecule is CC[N+](C)(C)c1cccc(O)c1.CN1[C@@H]2CC[C@H]1CC(OC(=O)C(CO)c1ccccc1)C2.[Cl-]. The first-order valence-corrected chi connectivity index (χ1v) is 12.0. The van der Waals surface area contributed by atoms with E-state index in [1.807, 2.05) is 48.5 Å². The number of aromatic hydroxyl groups is 1. The molecule has 4 rings (SSSR count). The molecule has 0 aromatic heterocycles. The maximum atomic E-state index is 12.4. The fourth-order valence-corrected chi connectivity index (χ4v) is 4.76. The predicted molar refractivity (Wildman–Crippen MR) is 132 cm³/mol. The molecule has 188 valence electrons. The minimum absolute atomic E-state index is 0. The quantitative estimate of drug-likeness (QED) is 0.465. The van der Waals surface area contributed by atoms with E-state index in [1.54, 1.807) is 6.07 Å². The molecule has 0 spiro atoms. The van der Waals surface area contributed by atoms with Crippen LogP contribution in [-0.4, -0.2) is 73.6 Å². The van der Waals surface area contributed by atoms with Crippen molar-refractivity contribution in [3.8, 4) is 5.75 Å². The Hall–Kier alpha value is -2.12. The zero-order valence-corrected chi connectivity index (χ0v) is 21.5. The number of hydrogen-bond donors (Lipinski definition) is 2. The van der Waals surface area contributed by atoms with Crippen LogP contribution in [0.15, 0.2) is 54.6 Å². The number of rotatable bonds is 6. The summed E-state index contributed by atoms with van der Waals surface area (Å²) < 4.78 is 6.50. The molecule has 2 aromatic rings. The van der Waals surface area contributed by atoms with Crippen molar-refractivity contribution in [3.05, 3.63) is 60.2 Å². The molecule has 2 fully saturated rings. The van der Waals surface area contributed by atoms with Crippen LogP contribution in [-0.2, 0) is 9.53 Å². The number of benzene rings is 2. The number of nitrogens with zero attached hydrogens (tertiary/aromatic N) is 2. The van der Waals surface area contributed by atoms with Gasteiger partial charge >= 0.3 is 5.97 Å². The molecule has 2 aliphatic rings. The van der Waals surface area contributed by atoms with Gasteiger partial charge < -0.3 is 32.3 Å². The molecule has 0 radical (unpaired) electrons. The molecule has 0 aliphatic carbocycles. The summed E-state index contributed by atoms with van der Waals surface area (Å²) in [5, 5.41) is 18.8. The summed E-state index contributed by atoms with van der Waals surface area (Å²) in [5.74, 6) is -0.520. The fourth-order valence-electron chi connectivity index (χ4n) is 4.76. The number of fused-ring (bicyclic) bond motifs is 2. The first-order chi connectivity index (χ1) is 15.7. The molecule has 2 heterocycles. The summed E-state index contributed by atoms with van der Waals surface area (Å²) in [5.41, 5.74) is 1.96. The fraction of sp³-hybridized carbons (Fsp3) is 0.519. The third-order valence-corrected chi connectivity index (χ3v) is 7.33. The Morgan fingerprint density at radius 2 is 1.71 bits per heavy atom. The average molecular weight is 491 g/mol. The van der Waals surface area contributed by atoms with Gasteiger partial charge in [-0.15, -0.1) is 0 Å². The van der Waals surface area contributed by atoms with E-state index in [0.29, 0.717) is 17.8 Å². The van der Waals surface area contributed by atoms with E-state index < -0.39 is 5.92 Å². The van der Waals surface area contributed by atoms with Gasteiger partial charge in [-0.2, -0.15) is 0 Å². The van der Waals surface area contributed by atoms with Gasteiger partial charge in [0.15, 0.2) is 0 Å². The number of carbonyl (C=O) groups is 1. The second kappa shape index (κ2) is 12.5. The number of hydrogen-bond acceptors (Lipinski definition) is 5. The number of quaternary nitrogens is 1. The number of ether oxygens (including phenoxy) is 1. The van der Waals surface area contributed by atoms with Gasteiger partial charge in [0.05, 0.1) is 27.2 Å². The molecule has 7 heteroatoms. The van der Waals surface area contributed by atoms with Gasteiger partial charge in [0.25, 0.3) is 0 Å². The Bertz CT molecular complexity index is 895. The summed E-state index contributed by atoms with van der Waals surface area (Å²) in [6.45, 7) is 2.94. The average Bonchev–Trinajstić information content (AvgIpc) is 3.01. The highest BCUT2D eigenvalue weighted by Crippen LogP contribution is 2.36. The van der Waals surface area contributed by atoms with Crippen LogP contribution in [0.25, 0.3) is 0 Å². The van der Waals surface area contributed by atoms with Crippen LogP contribution in [0, 0.1) is 0 Å². The standard InChI is InChI=1S/C17H23NO3.C10H15NO.ClH/c1-18-13-7-8-14(18)10-15(9-13)21-17(20)16(11-19)12-5-3-2-4-6-12;1-4-11(2,3)9-6-5-7-10(12)8-9;/h2-6,13-16,19H,7-11H2,1H3;5-8H,4H2,1-3H3;1H/t13-,14+,15?,16?;;. The highest BCUT2D eigenvalue weighted by Gasteiger charge is 2.40. The van der Waals surface area contributed by atoms with Gasteiger partial charge in [-0.1, -0.05) is 36.4 Å². The van der Waals surface area contributed by atoms with E-state index >= 15 is 0 Å². The maximum absolute atomic E-state index is 12.4. The van der Waals surface area contributed by atoms with Gasteiger partial charge in [-0.3, -0.25) is 9.28 Å². The third-order valence-electron chi connectivity index (χ3n) is 7.33. The van der Waals surface area contributed by atoms with Gasteiger partial charge in [0.2, 0.25) is 0 Å². The Labute approximate surface area is 210 Å². The molecule has 2 unspecified atom stereocenters. The predicted octanol–water partition coefficient (Wildman–Crippen LogP) is 0.914. The minimum Gasteiger partial charge on any atom is -1.00 e. The van der Waals surface area contributed by atoms with Crippen LogP contribution in [0.4, 0.5) is 5.69 Å². The molecule has 2 saturated heterocycles. The van der Waals surface area contributed by atoms with Gasteiger partial charge in [-0.25, -0.2) is 0 Å². The second-order valence-corrected chi connectivity index (χ2v) is 9.75. The summed E-state index contributed by atoms with van der Waals surface area (Å²) in [4.78, 5) is 14.8. The van der Waals surface area contributed by atoms with Crippen molar-refractivity contribution in [2.75, 3.05) is 34.3 Å². The van der Waals surface area contributed by atoms with Crippen LogP contribution in [0.5, 0.6) is 5.75 Å². The first-order valence-electron chi connectivity index (χ1n) is 12.0. The number of esters is 1. The van der Waals surface area contributed by atoms with Crippen LogP contribution >= 0.6 is 0 Å². The molecule has 2 aliphatic heterocycles. The molecular weight excluding hydrogens is 452 g/mol. The molecule has 6 nitrogen and oxygen atoms in total. The van der Waals surface area contributed by atoms with E-state index in [9.17, 15) is 15.0 Å². The number of aliphatic hydroxyl groups is 1. The Balaban J connectivity index is 0.000000270. The van der Waals surface area contributed by atoms with Crippen LogP contribution < -0.4 is 16.9 Å². The van der Waals surface area contributed by atoms with E-state index in [0.717, 1.165) is 35.1 Å². The number of phenolic OH excluding ortho intramolecular Hbond substituents is 1. The number of carbonyl (C=O) groups excluding carboxylic acids is 1. The number of aliphatic hydroxyl groups excluding tert-OH is 1. The highest BCUT2D eigenvalue weighted by atomic mass is 35.5. The largest absolute Gasteiger partial charge is 1.00 e. The molecule has 2 N–H and O–H groups in total. The van der Waals surface area contributed by atoms with Gasteiger partial charge in [0.1, 0.15) is 23.5 Å². The van der Waals surface area contributed by atoms with Crippen LogP contribution in [0.1, 0.15) is 44.1 Å². The Kier molecular flexibility index (Phi) is 10.4. The van der Waals surface area contributed by atoms with E-state index in [4.69, 9.17) is 4.74 Å². The lowest BCUT2D eigenvalue weighted by Gasteiger charge is -2.36. The number of piperidine rings is 1. The lowest BCUT2D eigenvalue weighted by atomic mass is 9.98. The van der Waals surface area contributed by atoms with E-state index in [-0.39, 0.29) is 31.1 Å². The molecule has 0 amide bonds. The smallest absolute Gasteiger partial charge is 0.316 e. The van der Waals surface area contributed by atoms with Crippen molar-refractivity contribution in [1.29, 1.82) is 0 Å². The van der Waals surface area contributed by atoms with Crippen molar-refractivity contribution in [2.24, 2.45) is 0 Å². The Morgan fingerprint density at radius 3 is 2.24 bits per heavy atom. The maximum Gasteiger partial charge on any atom is 0.316 e. The van der Waals surface area contributed by atoms with Crippen LogP contribution in [0.2, 0.25) is 0 Å². The van der Waals surface area contributed by atoms with Gasteiger partial charge in [-0.05, 0) is 57.4 Å². The molecule has 4 atom stereocenters. The molecular formula is C27H39ClN2O4. The minimum atomic E-state index is -0.566. The molecule has 34 heavy (non-hydrogen) atoms. The normalized spacial score (nSPS) is 22.7. The van der Waals surface area contributed by atoms with Gasteiger partial charge in [0, 0.05) is 18.2 Å². The van der Waals surface area contributed by atoms with E-state index in [2.05, 4.69) is 33.0 Å². The first kappa shape index (κ1) is 28.1. The van der Waals surface area contributed by atoms with Crippen molar-refractivity contribution in [1.82, 2.24) is 9.38 Å². The Morgan fingerprint density at radius 1 is 1.09 bits per heavy atom. The zero-order valence-electron chi connectivity index (χ0n) is 20.7. The lowest BCUT2D eigenvalue weighted by Crippen LogP contribution is -3.00. The van der Waals surface area contributed by atoms with Crippen molar-refractivity contribution in [3.63, 3.8) is 0 Å². The third kappa shape index (κ3) is 6.95. The van der Waals surface area contributed by atoms with Crippen molar-refractivity contribution >= 4 is 11.7 Å². The highest BCUT2D eigenvalue weighted by molar-refractivity contribution is 5.78.